The number of cyclic esters (lactones) is 2. The lowest BCUT2D eigenvalue weighted by Crippen LogP contribution is -2.33. The molecule has 0 spiro atoms. The van der Waals surface area contributed by atoms with Gasteiger partial charge in [0.2, 0.25) is 0 Å². The van der Waals surface area contributed by atoms with Crippen LogP contribution in [0, 0.1) is 0 Å². The van der Waals surface area contributed by atoms with Crippen molar-refractivity contribution in [3.8, 4) is 0 Å². The lowest BCUT2D eigenvalue weighted by atomic mass is 10.1. The minimum Gasteiger partial charge on any atom is -0.464 e. The molecule has 1 aliphatic rings. The van der Waals surface area contributed by atoms with Gasteiger partial charge in [0, 0.05) is 13.1 Å². The SMILES string of the molecule is CCCCCCCCCCCCCN1CCOC(=O)Cc2cccc(n2)CC(=O)OCC1. The van der Waals surface area contributed by atoms with E-state index in [4.69, 9.17) is 9.47 Å². The molecule has 0 saturated heterocycles. The monoisotopic (exact) mass is 446 g/mol. The number of ether oxygens (including phenoxy) is 2. The molecule has 1 aromatic rings. The topological polar surface area (TPSA) is 68.7 Å². The van der Waals surface area contributed by atoms with Gasteiger partial charge in [-0.25, -0.2) is 0 Å². The zero-order valence-electron chi connectivity index (χ0n) is 20.0. The average Bonchev–Trinajstić information content (AvgIpc) is 2.76. The predicted octanol–water partition coefficient (Wildman–Crippen LogP) is 4.88. The summed E-state index contributed by atoms with van der Waals surface area (Å²) in [6.45, 7) is 5.22. The first kappa shape index (κ1) is 26.3. The fourth-order valence-corrected chi connectivity index (χ4v) is 4.04. The van der Waals surface area contributed by atoms with E-state index in [1.54, 1.807) is 18.2 Å². The predicted molar refractivity (Wildman–Crippen MR) is 126 cm³/mol. The van der Waals surface area contributed by atoms with E-state index in [1.807, 2.05) is 0 Å². The van der Waals surface area contributed by atoms with E-state index >= 15 is 0 Å². The Labute approximate surface area is 194 Å². The van der Waals surface area contributed by atoms with Gasteiger partial charge in [-0.1, -0.05) is 77.2 Å². The molecular weight excluding hydrogens is 404 g/mol. The maximum Gasteiger partial charge on any atom is 0.311 e. The van der Waals surface area contributed by atoms with Gasteiger partial charge in [-0.3, -0.25) is 19.5 Å². The second-order valence-electron chi connectivity index (χ2n) is 8.79. The van der Waals surface area contributed by atoms with Crippen molar-refractivity contribution in [3.05, 3.63) is 29.6 Å². The highest BCUT2D eigenvalue weighted by atomic mass is 16.5. The van der Waals surface area contributed by atoms with Crippen LogP contribution in [0.5, 0.6) is 0 Å². The summed E-state index contributed by atoms with van der Waals surface area (Å²) in [5.74, 6) is -0.548. The summed E-state index contributed by atoms with van der Waals surface area (Å²) in [5.41, 5.74) is 1.24. The van der Waals surface area contributed by atoms with Crippen molar-refractivity contribution in [3.63, 3.8) is 0 Å². The summed E-state index contributed by atoms with van der Waals surface area (Å²) in [6, 6.07) is 5.36. The summed E-state index contributed by atoms with van der Waals surface area (Å²) in [5, 5.41) is 0. The number of nitrogens with zero attached hydrogens (tertiary/aromatic N) is 2. The molecule has 2 bridgehead atoms. The molecule has 1 aliphatic heterocycles. The molecule has 1 aromatic heterocycles. The van der Waals surface area contributed by atoms with Crippen LogP contribution in [0.1, 0.15) is 88.9 Å². The number of unbranched alkanes of at least 4 members (excludes halogenated alkanes) is 10. The molecule has 0 atom stereocenters. The molecule has 0 radical (unpaired) electrons. The van der Waals surface area contributed by atoms with Crippen molar-refractivity contribution < 1.29 is 19.1 Å². The van der Waals surface area contributed by atoms with Gasteiger partial charge in [0.05, 0.1) is 24.2 Å². The van der Waals surface area contributed by atoms with Gasteiger partial charge >= 0.3 is 11.9 Å². The summed E-state index contributed by atoms with van der Waals surface area (Å²) >= 11 is 0. The molecule has 2 rings (SSSR count). The van der Waals surface area contributed by atoms with Crippen LogP contribution in [0.25, 0.3) is 0 Å². The van der Waals surface area contributed by atoms with Crippen LogP contribution >= 0.6 is 0 Å². The molecule has 180 valence electrons. The van der Waals surface area contributed by atoms with Crippen molar-refractivity contribution in [1.29, 1.82) is 0 Å². The summed E-state index contributed by atoms with van der Waals surface area (Å²) in [6.07, 6.45) is 14.7. The van der Waals surface area contributed by atoms with Gasteiger partial charge in [-0.2, -0.15) is 0 Å². The highest BCUT2D eigenvalue weighted by Gasteiger charge is 2.13. The first-order valence-corrected chi connectivity index (χ1v) is 12.7. The Kier molecular flexibility index (Phi) is 13.7. The van der Waals surface area contributed by atoms with Crippen molar-refractivity contribution in [2.75, 3.05) is 32.8 Å². The van der Waals surface area contributed by atoms with E-state index in [1.165, 1.54) is 64.2 Å². The van der Waals surface area contributed by atoms with E-state index in [2.05, 4.69) is 16.8 Å². The number of aromatic nitrogens is 1. The van der Waals surface area contributed by atoms with Crippen LogP contribution in [0.4, 0.5) is 0 Å². The highest BCUT2D eigenvalue weighted by Crippen LogP contribution is 2.12. The van der Waals surface area contributed by atoms with E-state index in [-0.39, 0.29) is 24.8 Å². The highest BCUT2D eigenvalue weighted by molar-refractivity contribution is 5.73. The van der Waals surface area contributed by atoms with E-state index in [9.17, 15) is 9.59 Å². The van der Waals surface area contributed by atoms with Crippen molar-refractivity contribution in [2.24, 2.45) is 0 Å². The zero-order valence-corrected chi connectivity index (χ0v) is 20.0. The maximum atomic E-state index is 12.1. The Morgan fingerprint density at radius 2 is 1.22 bits per heavy atom. The first-order chi connectivity index (χ1) is 15.7. The van der Waals surface area contributed by atoms with E-state index in [0.29, 0.717) is 37.7 Å². The number of hydrogen-bond donors (Lipinski definition) is 0. The lowest BCUT2D eigenvalue weighted by Gasteiger charge is -2.22. The van der Waals surface area contributed by atoms with Gasteiger partial charge in [0.25, 0.3) is 0 Å². The largest absolute Gasteiger partial charge is 0.464 e. The van der Waals surface area contributed by atoms with Gasteiger partial charge < -0.3 is 9.47 Å². The number of carbonyl (C=O) groups is 2. The third kappa shape index (κ3) is 12.2. The molecule has 6 heteroatoms. The summed E-state index contributed by atoms with van der Waals surface area (Å²) in [4.78, 5) is 30.8. The van der Waals surface area contributed by atoms with Crippen LogP contribution in [0.3, 0.4) is 0 Å². The van der Waals surface area contributed by atoms with Crippen LogP contribution in [0.15, 0.2) is 18.2 Å². The Morgan fingerprint density at radius 3 is 1.72 bits per heavy atom. The molecule has 6 nitrogen and oxygen atoms in total. The van der Waals surface area contributed by atoms with Crippen LogP contribution in [-0.2, 0) is 31.9 Å². The number of rotatable bonds is 12. The van der Waals surface area contributed by atoms with Gasteiger partial charge in [-0.05, 0) is 25.1 Å². The molecule has 0 N–H and O–H groups in total. The standard InChI is InChI=1S/C26H42N2O4/c1-2-3-4-5-6-7-8-9-10-11-12-16-28-17-19-31-25(29)21-23-14-13-15-24(27-23)22-26(30)32-20-18-28/h13-15H,2-12,16-22H2,1H3. The zero-order chi connectivity index (χ0) is 22.9. The fourth-order valence-electron chi connectivity index (χ4n) is 4.04. The quantitative estimate of drug-likeness (QED) is 0.337. The number of fused-ring (bicyclic) bond motifs is 2. The third-order valence-corrected chi connectivity index (χ3v) is 5.93. The third-order valence-electron chi connectivity index (χ3n) is 5.93. The second kappa shape index (κ2) is 16.7. The normalized spacial score (nSPS) is 16.3. The lowest BCUT2D eigenvalue weighted by molar-refractivity contribution is -0.143. The van der Waals surface area contributed by atoms with Crippen molar-refractivity contribution in [2.45, 2.75) is 90.4 Å². The molecule has 32 heavy (non-hydrogen) atoms. The smallest absolute Gasteiger partial charge is 0.311 e. The number of pyridine rings is 1. The van der Waals surface area contributed by atoms with Crippen molar-refractivity contribution in [1.82, 2.24) is 9.88 Å². The van der Waals surface area contributed by atoms with Gasteiger partial charge in [-0.15, -0.1) is 0 Å². The number of esters is 2. The molecule has 0 aromatic carbocycles. The molecular formula is C26H42N2O4. The van der Waals surface area contributed by atoms with E-state index < -0.39 is 0 Å². The summed E-state index contributed by atoms with van der Waals surface area (Å²) in [7, 11) is 0. The Bertz CT molecular complexity index is 626. The van der Waals surface area contributed by atoms with Crippen molar-refractivity contribution >= 4 is 11.9 Å². The maximum absolute atomic E-state index is 12.1. The minimum absolute atomic E-state index is 0.126. The van der Waals surface area contributed by atoms with E-state index in [0.717, 1.165) is 13.0 Å². The van der Waals surface area contributed by atoms with Gasteiger partial charge in [0.1, 0.15) is 13.2 Å². The number of carbonyl (C=O) groups excluding carboxylic acids is 2. The average molecular weight is 447 g/mol. The number of hydrogen-bond acceptors (Lipinski definition) is 6. The molecule has 2 heterocycles. The Hall–Kier alpha value is -1.95. The first-order valence-electron chi connectivity index (χ1n) is 12.7. The van der Waals surface area contributed by atoms with Crippen LogP contribution in [0.2, 0.25) is 0 Å². The van der Waals surface area contributed by atoms with Gasteiger partial charge in [0.15, 0.2) is 0 Å². The molecule has 0 fully saturated rings. The minimum atomic E-state index is -0.274. The molecule has 0 saturated carbocycles. The Morgan fingerprint density at radius 1 is 0.750 bits per heavy atom. The second-order valence-corrected chi connectivity index (χ2v) is 8.79. The summed E-state index contributed by atoms with van der Waals surface area (Å²) < 4.78 is 10.8. The molecule has 0 aliphatic carbocycles. The van der Waals surface area contributed by atoms with Crippen LogP contribution in [-0.4, -0.2) is 54.7 Å². The Balaban J connectivity index is 1.65. The fraction of sp³-hybridized carbons (Fsp3) is 0.731. The van der Waals surface area contributed by atoms with Crippen LogP contribution < -0.4 is 0 Å². The molecule has 0 unspecified atom stereocenters. The molecule has 0 amide bonds.